The first-order chi connectivity index (χ1) is 15.5. The Labute approximate surface area is 187 Å². The molecule has 1 N–H and O–H groups in total. The van der Waals surface area contributed by atoms with Gasteiger partial charge in [-0.3, -0.25) is 24.1 Å². The lowest BCUT2D eigenvalue weighted by Crippen LogP contribution is -2.48. The van der Waals surface area contributed by atoms with Gasteiger partial charge in [0, 0.05) is 51.6 Å². The zero-order chi connectivity index (χ0) is 22.7. The molecule has 1 aromatic rings. The molecule has 1 atom stereocenters. The summed E-state index contributed by atoms with van der Waals surface area (Å²) in [6.45, 7) is 2.41. The SMILES string of the molecule is COCCCN1C(=O)c2ccc(C(=O)N3CCC(NC(=O)C4CCCO4)CC3)cc2C1=O. The van der Waals surface area contributed by atoms with Crippen LogP contribution in [0.2, 0.25) is 0 Å². The molecule has 0 spiro atoms. The van der Waals surface area contributed by atoms with Gasteiger partial charge in [-0.15, -0.1) is 0 Å². The molecule has 3 aliphatic rings. The van der Waals surface area contributed by atoms with Gasteiger partial charge in [-0.1, -0.05) is 0 Å². The Bertz CT molecular complexity index is 903. The molecule has 9 nitrogen and oxygen atoms in total. The van der Waals surface area contributed by atoms with Gasteiger partial charge < -0.3 is 19.7 Å². The maximum absolute atomic E-state index is 13.0. The number of rotatable bonds is 7. The van der Waals surface area contributed by atoms with Gasteiger partial charge in [-0.05, 0) is 50.3 Å². The number of hydrogen-bond acceptors (Lipinski definition) is 6. The van der Waals surface area contributed by atoms with Crippen molar-refractivity contribution in [2.45, 2.75) is 44.2 Å². The van der Waals surface area contributed by atoms with Gasteiger partial charge in [0.1, 0.15) is 6.10 Å². The monoisotopic (exact) mass is 443 g/mol. The molecular formula is C23H29N3O6. The number of methoxy groups -OCH3 is 1. The molecule has 32 heavy (non-hydrogen) atoms. The predicted molar refractivity (Wildman–Crippen MR) is 114 cm³/mol. The lowest BCUT2D eigenvalue weighted by Gasteiger charge is -2.33. The summed E-state index contributed by atoms with van der Waals surface area (Å²) in [5, 5.41) is 3.03. The van der Waals surface area contributed by atoms with Crippen molar-refractivity contribution in [2.75, 3.05) is 40.0 Å². The van der Waals surface area contributed by atoms with Crippen molar-refractivity contribution >= 4 is 23.6 Å². The fraction of sp³-hybridized carbons (Fsp3) is 0.565. The Morgan fingerprint density at radius 1 is 1.12 bits per heavy atom. The van der Waals surface area contributed by atoms with Crippen molar-refractivity contribution < 1.29 is 28.7 Å². The second-order valence-corrected chi connectivity index (χ2v) is 8.45. The molecule has 1 unspecified atom stereocenters. The van der Waals surface area contributed by atoms with Crippen LogP contribution >= 0.6 is 0 Å². The zero-order valence-electron chi connectivity index (χ0n) is 18.3. The van der Waals surface area contributed by atoms with Crippen molar-refractivity contribution in [1.29, 1.82) is 0 Å². The van der Waals surface area contributed by atoms with Gasteiger partial charge >= 0.3 is 0 Å². The standard InChI is InChI=1S/C23H29N3O6/c1-31-12-3-9-26-22(29)17-6-5-15(14-18(17)23(26)30)21(28)25-10-7-16(8-11-25)24-20(27)19-4-2-13-32-19/h5-6,14,16,19H,2-4,7-13H2,1H3,(H,24,27). The van der Waals surface area contributed by atoms with Crippen LogP contribution in [-0.2, 0) is 14.3 Å². The van der Waals surface area contributed by atoms with E-state index in [1.54, 1.807) is 24.1 Å². The van der Waals surface area contributed by atoms with E-state index in [0.29, 0.717) is 56.7 Å². The van der Waals surface area contributed by atoms with Gasteiger partial charge in [-0.2, -0.15) is 0 Å². The quantitative estimate of drug-likeness (QED) is 0.502. The van der Waals surface area contributed by atoms with E-state index < -0.39 is 0 Å². The van der Waals surface area contributed by atoms with Crippen LogP contribution in [0.5, 0.6) is 0 Å². The van der Waals surface area contributed by atoms with Crippen molar-refractivity contribution in [3.05, 3.63) is 34.9 Å². The van der Waals surface area contributed by atoms with Crippen LogP contribution in [0, 0.1) is 0 Å². The van der Waals surface area contributed by atoms with Crippen LogP contribution in [0.4, 0.5) is 0 Å². The maximum Gasteiger partial charge on any atom is 0.261 e. The molecule has 2 saturated heterocycles. The van der Waals surface area contributed by atoms with Crippen LogP contribution in [0.15, 0.2) is 18.2 Å². The topological polar surface area (TPSA) is 105 Å². The van der Waals surface area contributed by atoms with Gasteiger partial charge in [0.25, 0.3) is 17.7 Å². The Kier molecular flexibility index (Phi) is 6.86. The molecule has 3 heterocycles. The number of hydrogen-bond donors (Lipinski definition) is 1. The molecule has 172 valence electrons. The van der Waals surface area contributed by atoms with Gasteiger partial charge in [-0.25, -0.2) is 0 Å². The van der Waals surface area contributed by atoms with E-state index in [-0.39, 0.29) is 47.9 Å². The van der Waals surface area contributed by atoms with E-state index in [1.807, 2.05) is 0 Å². The smallest absolute Gasteiger partial charge is 0.261 e. The number of ether oxygens (including phenoxy) is 2. The van der Waals surface area contributed by atoms with E-state index in [9.17, 15) is 19.2 Å². The fourth-order valence-electron chi connectivity index (χ4n) is 4.48. The highest BCUT2D eigenvalue weighted by atomic mass is 16.5. The van der Waals surface area contributed by atoms with Crippen molar-refractivity contribution in [3.8, 4) is 0 Å². The van der Waals surface area contributed by atoms with Crippen LogP contribution < -0.4 is 5.32 Å². The van der Waals surface area contributed by atoms with Crippen LogP contribution in [0.3, 0.4) is 0 Å². The molecule has 3 aliphatic heterocycles. The zero-order valence-corrected chi connectivity index (χ0v) is 18.3. The van der Waals surface area contributed by atoms with E-state index in [2.05, 4.69) is 5.32 Å². The van der Waals surface area contributed by atoms with Crippen molar-refractivity contribution in [2.24, 2.45) is 0 Å². The average Bonchev–Trinajstić information content (AvgIpc) is 3.43. The summed E-state index contributed by atoms with van der Waals surface area (Å²) in [7, 11) is 1.57. The third kappa shape index (κ3) is 4.54. The minimum absolute atomic E-state index is 0.0237. The summed E-state index contributed by atoms with van der Waals surface area (Å²) in [4.78, 5) is 53.4. The molecule has 0 saturated carbocycles. The molecule has 0 bridgehead atoms. The Hall–Kier alpha value is -2.78. The van der Waals surface area contributed by atoms with E-state index >= 15 is 0 Å². The highest BCUT2D eigenvalue weighted by Crippen LogP contribution is 2.25. The summed E-state index contributed by atoms with van der Waals surface area (Å²) in [5.74, 6) is -0.937. The van der Waals surface area contributed by atoms with Crippen molar-refractivity contribution in [1.82, 2.24) is 15.1 Å². The van der Waals surface area contributed by atoms with Crippen LogP contribution in [-0.4, -0.2) is 85.5 Å². The Morgan fingerprint density at radius 3 is 2.56 bits per heavy atom. The van der Waals surface area contributed by atoms with Crippen molar-refractivity contribution in [3.63, 3.8) is 0 Å². The molecule has 0 radical (unpaired) electrons. The Balaban J connectivity index is 1.34. The minimum atomic E-state index is -0.369. The first-order valence-electron chi connectivity index (χ1n) is 11.2. The molecule has 4 amide bonds. The normalized spacial score (nSPS) is 21.2. The molecule has 1 aromatic carbocycles. The summed E-state index contributed by atoms with van der Waals surface area (Å²) in [6, 6.07) is 4.72. The lowest BCUT2D eigenvalue weighted by atomic mass is 10.0. The molecule has 0 aromatic heterocycles. The van der Waals surface area contributed by atoms with E-state index in [0.717, 1.165) is 12.8 Å². The van der Waals surface area contributed by atoms with Gasteiger partial charge in [0.2, 0.25) is 5.91 Å². The number of fused-ring (bicyclic) bond motifs is 1. The molecule has 9 heteroatoms. The molecule has 4 rings (SSSR count). The first-order valence-corrected chi connectivity index (χ1v) is 11.2. The average molecular weight is 444 g/mol. The number of likely N-dealkylation sites (tertiary alicyclic amines) is 1. The lowest BCUT2D eigenvalue weighted by molar-refractivity contribution is -0.131. The summed E-state index contributed by atoms with van der Waals surface area (Å²) >= 11 is 0. The number of imide groups is 1. The summed E-state index contributed by atoms with van der Waals surface area (Å²) in [5.41, 5.74) is 1.00. The van der Waals surface area contributed by atoms with E-state index in [4.69, 9.17) is 9.47 Å². The second-order valence-electron chi connectivity index (χ2n) is 8.45. The van der Waals surface area contributed by atoms with Crippen LogP contribution in [0.1, 0.15) is 63.2 Å². The van der Waals surface area contributed by atoms with Crippen LogP contribution in [0.25, 0.3) is 0 Å². The third-order valence-corrected chi connectivity index (χ3v) is 6.30. The number of carbonyl (C=O) groups is 4. The fourth-order valence-corrected chi connectivity index (χ4v) is 4.48. The third-order valence-electron chi connectivity index (χ3n) is 6.30. The molecule has 2 fully saturated rings. The molecule has 0 aliphatic carbocycles. The maximum atomic E-state index is 13.0. The predicted octanol–water partition coefficient (Wildman–Crippen LogP) is 1.22. The largest absolute Gasteiger partial charge is 0.385 e. The number of nitrogens with zero attached hydrogens (tertiary/aromatic N) is 2. The minimum Gasteiger partial charge on any atom is -0.385 e. The van der Waals surface area contributed by atoms with Gasteiger partial charge in [0.05, 0.1) is 11.1 Å². The number of amides is 4. The van der Waals surface area contributed by atoms with Gasteiger partial charge in [0.15, 0.2) is 0 Å². The first kappa shape index (κ1) is 22.4. The number of benzene rings is 1. The molecular weight excluding hydrogens is 414 g/mol. The Morgan fingerprint density at radius 2 is 1.88 bits per heavy atom. The number of carbonyl (C=O) groups excluding carboxylic acids is 4. The highest BCUT2D eigenvalue weighted by Gasteiger charge is 2.36. The number of piperidine rings is 1. The number of nitrogens with one attached hydrogen (secondary N) is 1. The summed E-state index contributed by atoms with van der Waals surface area (Å²) < 4.78 is 10.4. The second kappa shape index (κ2) is 9.79. The summed E-state index contributed by atoms with van der Waals surface area (Å²) in [6.07, 6.45) is 3.21. The van der Waals surface area contributed by atoms with E-state index in [1.165, 1.54) is 11.0 Å². The highest BCUT2D eigenvalue weighted by molar-refractivity contribution is 6.22.